The van der Waals surface area contributed by atoms with Crippen LogP contribution >= 0.6 is 11.6 Å². The summed E-state index contributed by atoms with van der Waals surface area (Å²) in [5.41, 5.74) is 2.06. The van der Waals surface area contributed by atoms with Crippen molar-refractivity contribution in [1.29, 1.82) is 5.26 Å². The van der Waals surface area contributed by atoms with Crippen molar-refractivity contribution >= 4 is 17.7 Å². The highest BCUT2D eigenvalue weighted by Crippen LogP contribution is 2.28. The predicted molar refractivity (Wildman–Crippen MR) is 68.5 cm³/mol. The van der Waals surface area contributed by atoms with Crippen molar-refractivity contribution in [2.75, 3.05) is 19.6 Å². The molecule has 0 N–H and O–H groups in total. The molecule has 0 saturated heterocycles. The minimum atomic E-state index is 0.00620. The molecule has 4 heteroatoms. The molecule has 0 radical (unpaired) electrons. The van der Waals surface area contributed by atoms with Crippen LogP contribution in [0.4, 0.5) is 0 Å². The van der Waals surface area contributed by atoms with E-state index in [0.29, 0.717) is 17.4 Å². The van der Waals surface area contributed by atoms with Gasteiger partial charge in [-0.3, -0.25) is 0 Å². The van der Waals surface area contributed by atoms with E-state index in [0.717, 1.165) is 11.1 Å². The first-order valence-corrected chi connectivity index (χ1v) is 5.65. The van der Waals surface area contributed by atoms with Crippen molar-refractivity contribution in [3.8, 4) is 17.6 Å². The summed E-state index contributed by atoms with van der Waals surface area (Å²) < 4.78 is 10.4. The SMILES string of the molecule is COc1cc(C=C(C)CCl)ccc1OCC#N. The van der Waals surface area contributed by atoms with Gasteiger partial charge in [-0.15, -0.1) is 11.6 Å². The lowest BCUT2D eigenvalue weighted by molar-refractivity contribution is 0.329. The molecule has 0 atom stereocenters. The fourth-order valence-electron chi connectivity index (χ4n) is 1.33. The van der Waals surface area contributed by atoms with E-state index in [1.54, 1.807) is 13.2 Å². The van der Waals surface area contributed by atoms with E-state index >= 15 is 0 Å². The second-order valence-electron chi connectivity index (χ2n) is 3.48. The minimum absolute atomic E-state index is 0.00620. The van der Waals surface area contributed by atoms with Crippen LogP contribution in [0.3, 0.4) is 0 Å². The molecule has 3 nitrogen and oxygen atoms in total. The molecule has 0 aliphatic rings. The maximum atomic E-state index is 8.46. The second-order valence-corrected chi connectivity index (χ2v) is 3.75. The summed E-state index contributed by atoms with van der Waals surface area (Å²) in [5, 5.41) is 8.46. The van der Waals surface area contributed by atoms with Gasteiger partial charge in [-0.25, -0.2) is 0 Å². The van der Waals surface area contributed by atoms with Crippen molar-refractivity contribution in [3.63, 3.8) is 0 Å². The van der Waals surface area contributed by atoms with E-state index in [2.05, 4.69) is 0 Å². The van der Waals surface area contributed by atoms with Crippen LogP contribution in [0.5, 0.6) is 11.5 Å². The van der Waals surface area contributed by atoms with Gasteiger partial charge in [0, 0.05) is 5.88 Å². The van der Waals surface area contributed by atoms with E-state index in [-0.39, 0.29) is 6.61 Å². The molecule has 0 aromatic heterocycles. The fourth-order valence-corrected chi connectivity index (χ4v) is 1.40. The van der Waals surface area contributed by atoms with Crippen molar-refractivity contribution in [2.45, 2.75) is 6.92 Å². The maximum absolute atomic E-state index is 8.46. The molecule has 17 heavy (non-hydrogen) atoms. The van der Waals surface area contributed by atoms with Crippen LogP contribution in [0.15, 0.2) is 23.8 Å². The lowest BCUT2D eigenvalue weighted by Crippen LogP contribution is -1.96. The molecule has 1 aromatic carbocycles. The summed E-state index contributed by atoms with van der Waals surface area (Å²) in [6.07, 6.45) is 1.98. The molecule has 0 spiro atoms. The normalized spacial score (nSPS) is 10.8. The van der Waals surface area contributed by atoms with Crippen LogP contribution in [0, 0.1) is 11.3 Å². The summed E-state index contributed by atoms with van der Waals surface area (Å²) in [6.45, 7) is 1.96. The number of methoxy groups -OCH3 is 1. The van der Waals surface area contributed by atoms with Crippen LogP contribution in [-0.2, 0) is 0 Å². The third kappa shape index (κ3) is 4.01. The van der Waals surface area contributed by atoms with E-state index in [1.165, 1.54) is 0 Å². The van der Waals surface area contributed by atoms with E-state index < -0.39 is 0 Å². The molecular formula is C13H14ClNO2. The Hall–Kier alpha value is -1.66. The molecule has 0 aliphatic carbocycles. The van der Waals surface area contributed by atoms with E-state index in [9.17, 15) is 0 Å². The van der Waals surface area contributed by atoms with Crippen molar-refractivity contribution in [1.82, 2.24) is 0 Å². The lowest BCUT2D eigenvalue weighted by atomic mass is 10.1. The van der Waals surface area contributed by atoms with Gasteiger partial charge in [0.15, 0.2) is 18.1 Å². The Morgan fingerprint density at radius 1 is 1.47 bits per heavy atom. The first kappa shape index (κ1) is 13.4. The number of halogens is 1. The number of alkyl halides is 1. The number of nitriles is 1. The van der Waals surface area contributed by atoms with E-state index in [4.69, 9.17) is 26.3 Å². The quantitative estimate of drug-likeness (QED) is 0.755. The monoisotopic (exact) mass is 251 g/mol. The smallest absolute Gasteiger partial charge is 0.174 e. The standard InChI is InChI=1S/C13H14ClNO2/c1-10(9-14)7-11-3-4-12(17-6-5-15)13(8-11)16-2/h3-4,7-8H,6,9H2,1-2H3. The molecule has 1 aromatic rings. The Balaban J connectivity index is 2.96. The number of nitrogens with zero attached hydrogens (tertiary/aromatic N) is 1. The van der Waals surface area contributed by atoms with Crippen LogP contribution in [0.1, 0.15) is 12.5 Å². The summed E-state index contributed by atoms with van der Waals surface area (Å²) >= 11 is 5.72. The average molecular weight is 252 g/mol. The molecule has 0 heterocycles. The van der Waals surface area contributed by atoms with Crippen molar-refractivity contribution in [2.24, 2.45) is 0 Å². The average Bonchev–Trinajstić information content (AvgIpc) is 2.36. The summed E-state index contributed by atoms with van der Waals surface area (Å²) in [7, 11) is 1.57. The van der Waals surface area contributed by atoms with Crippen LogP contribution in [0.25, 0.3) is 6.08 Å². The molecule has 0 bridgehead atoms. The maximum Gasteiger partial charge on any atom is 0.174 e. The fraction of sp³-hybridized carbons (Fsp3) is 0.308. The zero-order valence-electron chi connectivity index (χ0n) is 9.87. The molecular weight excluding hydrogens is 238 g/mol. The molecule has 0 aliphatic heterocycles. The van der Waals surface area contributed by atoms with Gasteiger partial charge in [-0.05, 0) is 24.6 Å². The van der Waals surface area contributed by atoms with Gasteiger partial charge in [-0.2, -0.15) is 5.26 Å². The zero-order chi connectivity index (χ0) is 12.7. The Labute approximate surface area is 106 Å². The van der Waals surface area contributed by atoms with Crippen LogP contribution in [-0.4, -0.2) is 19.6 Å². The van der Waals surface area contributed by atoms with Gasteiger partial charge in [0.2, 0.25) is 0 Å². The van der Waals surface area contributed by atoms with Crippen molar-refractivity contribution < 1.29 is 9.47 Å². The molecule has 0 fully saturated rings. The first-order valence-electron chi connectivity index (χ1n) is 5.12. The number of benzene rings is 1. The predicted octanol–water partition coefficient (Wildman–Crippen LogP) is 3.24. The van der Waals surface area contributed by atoms with Gasteiger partial charge in [-0.1, -0.05) is 17.7 Å². The Morgan fingerprint density at radius 2 is 2.24 bits per heavy atom. The third-order valence-corrected chi connectivity index (χ3v) is 2.53. The number of ether oxygens (including phenoxy) is 2. The lowest BCUT2D eigenvalue weighted by Gasteiger charge is -2.09. The highest BCUT2D eigenvalue weighted by Gasteiger charge is 2.04. The summed E-state index contributed by atoms with van der Waals surface area (Å²) in [4.78, 5) is 0. The molecule has 90 valence electrons. The van der Waals surface area contributed by atoms with Gasteiger partial charge in [0.05, 0.1) is 7.11 Å². The minimum Gasteiger partial charge on any atom is -0.493 e. The molecule has 0 amide bonds. The van der Waals surface area contributed by atoms with Gasteiger partial charge >= 0.3 is 0 Å². The largest absolute Gasteiger partial charge is 0.493 e. The number of allylic oxidation sites excluding steroid dienone is 1. The molecule has 0 unspecified atom stereocenters. The Kier molecular flexibility index (Phi) is 5.38. The first-order chi connectivity index (χ1) is 8.21. The van der Waals surface area contributed by atoms with Crippen LogP contribution in [0.2, 0.25) is 0 Å². The van der Waals surface area contributed by atoms with E-state index in [1.807, 2.05) is 31.2 Å². The topological polar surface area (TPSA) is 42.2 Å². The third-order valence-electron chi connectivity index (χ3n) is 2.10. The Morgan fingerprint density at radius 3 is 2.82 bits per heavy atom. The number of hydrogen-bond donors (Lipinski definition) is 0. The second kappa shape index (κ2) is 6.82. The number of hydrogen-bond acceptors (Lipinski definition) is 3. The summed E-state index contributed by atoms with van der Waals surface area (Å²) in [6, 6.07) is 7.44. The number of rotatable bonds is 5. The summed E-state index contributed by atoms with van der Waals surface area (Å²) in [5.74, 6) is 1.67. The zero-order valence-corrected chi connectivity index (χ0v) is 10.6. The van der Waals surface area contributed by atoms with Gasteiger partial charge in [0.1, 0.15) is 6.07 Å². The van der Waals surface area contributed by atoms with Gasteiger partial charge in [0.25, 0.3) is 0 Å². The molecule has 0 saturated carbocycles. The van der Waals surface area contributed by atoms with Crippen molar-refractivity contribution in [3.05, 3.63) is 29.3 Å². The highest BCUT2D eigenvalue weighted by molar-refractivity contribution is 6.19. The molecule has 1 rings (SSSR count). The Bertz CT molecular complexity index is 449. The van der Waals surface area contributed by atoms with Crippen LogP contribution < -0.4 is 9.47 Å². The van der Waals surface area contributed by atoms with Gasteiger partial charge < -0.3 is 9.47 Å². The highest BCUT2D eigenvalue weighted by atomic mass is 35.5.